The van der Waals surface area contributed by atoms with E-state index in [1.54, 1.807) is 11.0 Å². The number of halogens is 2. The molecule has 98 valence electrons. The molecule has 18 heavy (non-hydrogen) atoms. The van der Waals surface area contributed by atoms with Gasteiger partial charge in [0.15, 0.2) is 0 Å². The van der Waals surface area contributed by atoms with Crippen LogP contribution in [-0.4, -0.2) is 29.4 Å². The van der Waals surface area contributed by atoms with Crippen molar-refractivity contribution in [3.05, 3.63) is 28.0 Å². The molecule has 1 aliphatic carbocycles. The molecule has 0 aliphatic heterocycles. The smallest absolute Gasteiger partial charge is 0.255 e. The second-order valence-electron chi connectivity index (χ2n) is 4.83. The Kier molecular flexibility index (Phi) is 4.46. The van der Waals surface area contributed by atoms with Crippen molar-refractivity contribution >= 4 is 29.1 Å². The van der Waals surface area contributed by atoms with Crippen molar-refractivity contribution in [2.75, 3.05) is 13.6 Å². The Bertz CT molecular complexity index is 445. The molecular formula is C13H16Cl2N2O. The van der Waals surface area contributed by atoms with Crippen molar-refractivity contribution in [1.82, 2.24) is 9.88 Å². The van der Waals surface area contributed by atoms with Crippen molar-refractivity contribution in [3.63, 3.8) is 0 Å². The van der Waals surface area contributed by atoms with E-state index < -0.39 is 0 Å². The second kappa shape index (κ2) is 5.89. The van der Waals surface area contributed by atoms with Gasteiger partial charge >= 0.3 is 0 Å². The molecule has 0 unspecified atom stereocenters. The molecule has 0 aromatic carbocycles. The summed E-state index contributed by atoms with van der Waals surface area (Å²) in [6.07, 6.45) is 6.47. The monoisotopic (exact) mass is 286 g/mol. The van der Waals surface area contributed by atoms with E-state index in [-0.39, 0.29) is 11.1 Å². The maximum Gasteiger partial charge on any atom is 0.255 e. The summed E-state index contributed by atoms with van der Waals surface area (Å²) in [5.41, 5.74) is 0.491. The number of amides is 1. The molecule has 0 atom stereocenters. The molecule has 0 spiro atoms. The van der Waals surface area contributed by atoms with E-state index in [1.165, 1.54) is 31.9 Å². The lowest BCUT2D eigenvalue weighted by atomic mass is 10.1. The molecule has 5 heteroatoms. The van der Waals surface area contributed by atoms with Crippen LogP contribution in [0.15, 0.2) is 12.3 Å². The summed E-state index contributed by atoms with van der Waals surface area (Å²) in [5.74, 6) is 0.586. The molecule has 1 heterocycles. The first-order chi connectivity index (χ1) is 8.58. The molecule has 1 fully saturated rings. The molecule has 1 aliphatic rings. The number of rotatable bonds is 3. The van der Waals surface area contributed by atoms with Gasteiger partial charge in [0.05, 0.1) is 10.6 Å². The van der Waals surface area contributed by atoms with Crippen molar-refractivity contribution in [3.8, 4) is 0 Å². The number of aromatic nitrogens is 1. The van der Waals surface area contributed by atoms with Crippen molar-refractivity contribution in [1.29, 1.82) is 0 Å². The van der Waals surface area contributed by atoms with Crippen LogP contribution in [0.1, 0.15) is 36.0 Å². The van der Waals surface area contributed by atoms with Crippen LogP contribution in [0.4, 0.5) is 0 Å². The van der Waals surface area contributed by atoms with Crippen LogP contribution in [0.5, 0.6) is 0 Å². The lowest BCUT2D eigenvalue weighted by Crippen LogP contribution is -2.31. The summed E-state index contributed by atoms with van der Waals surface area (Å²) in [4.78, 5) is 17.8. The molecule has 0 N–H and O–H groups in total. The zero-order valence-corrected chi connectivity index (χ0v) is 11.8. The van der Waals surface area contributed by atoms with Gasteiger partial charge in [0.25, 0.3) is 5.91 Å². The van der Waals surface area contributed by atoms with E-state index in [2.05, 4.69) is 4.98 Å². The average molecular weight is 287 g/mol. The third-order valence-corrected chi connectivity index (χ3v) is 4.08. The normalized spacial score (nSPS) is 15.9. The lowest BCUT2D eigenvalue weighted by molar-refractivity contribution is 0.0773. The second-order valence-corrected chi connectivity index (χ2v) is 5.60. The molecule has 1 aromatic rings. The van der Waals surface area contributed by atoms with Gasteiger partial charge in [-0.05, 0) is 24.8 Å². The summed E-state index contributed by atoms with van der Waals surface area (Å²) in [6, 6.07) is 1.57. The van der Waals surface area contributed by atoms with Gasteiger partial charge in [-0.3, -0.25) is 4.79 Å². The highest BCUT2D eigenvalue weighted by molar-refractivity contribution is 6.41. The first kappa shape index (κ1) is 13.6. The average Bonchev–Trinajstić information content (AvgIpc) is 2.84. The number of carbonyl (C=O) groups is 1. The van der Waals surface area contributed by atoms with Gasteiger partial charge in [0.2, 0.25) is 0 Å². The fraction of sp³-hybridized carbons (Fsp3) is 0.538. The molecule has 1 aromatic heterocycles. The van der Waals surface area contributed by atoms with E-state index in [0.717, 1.165) is 6.54 Å². The minimum absolute atomic E-state index is 0.0482. The highest BCUT2D eigenvalue weighted by Crippen LogP contribution is 2.26. The summed E-state index contributed by atoms with van der Waals surface area (Å²) in [7, 11) is 1.82. The predicted octanol–water partition coefficient (Wildman–Crippen LogP) is 3.65. The van der Waals surface area contributed by atoms with Gasteiger partial charge in [-0.25, -0.2) is 4.98 Å². The zero-order valence-electron chi connectivity index (χ0n) is 10.3. The molecule has 0 radical (unpaired) electrons. The van der Waals surface area contributed by atoms with Gasteiger partial charge in [0, 0.05) is 19.8 Å². The number of carbonyl (C=O) groups excluding carboxylic acids is 1. The van der Waals surface area contributed by atoms with Crippen LogP contribution >= 0.6 is 23.2 Å². The molecule has 0 bridgehead atoms. The Balaban J connectivity index is 2.02. The topological polar surface area (TPSA) is 33.2 Å². The van der Waals surface area contributed by atoms with Crippen molar-refractivity contribution in [2.45, 2.75) is 25.7 Å². The highest BCUT2D eigenvalue weighted by Gasteiger charge is 2.20. The van der Waals surface area contributed by atoms with Crippen molar-refractivity contribution < 1.29 is 4.79 Å². The summed E-state index contributed by atoms with van der Waals surface area (Å²) < 4.78 is 0. The zero-order chi connectivity index (χ0) is 13.1. The Morgan fingerprint density at radius 1 is 1.44 bits per heavy atom. The van der Waals surface area contributed by atoms with Crippen LogP contribution in [0.25, 0.3) is 0 Å². The van der Waals surface area contributed by atoms with Crippen LogP contribution in [0, 0.1) is 5.92 Å². The molecule has 0 saturated heterocycles. The van der Waals surface area contributed by atoms with Crippen LogP contribution < -0.4 is 0 Å². The third kappa shape index (κ3) is 3.15. The fourth-order valence-corrected chi connectivity index (χ4v) is 2.69. The molecule has 1 saturated carbocycles. The third-order valence-electron chi connectivity index (χ3n) is 3.40. The first-order valence-electron chi connectivity index (χ1n) is 6.14. The van der Waals surface area contributed by atoms with Gasteiger partial charge in [-0.1, -0.05) is 36.0 Å². The number of pyridine rings is 1. The Labute approximate surface area is 117 Å². The molecule has 2 rings (SSSR count). The van der Waals surface area contributed by atoms with Gasteiger partial charge in [-0.2, -0.15) is 0 Å². The van der Waals surface area contributed by atoms with Crippen molar-refractivity contribution in [2.24, 2.45) is 5.92 Å². The summed E-state index contributed by atoms with van der Waals surface area (Å²) >= 11 is 11.6. The highest BCUT2D eigenvalue weighted by atomic mass is 35.5. The van der Waals surface area contributed by atoms with Crippen LogP contribution in [0.2, 0.25) is 10.2 Å². The van der Waals surface area contributed by atoms with E-state index in [1.807, 2.05) is 7.05 Å². The van der Waals surface area contributed by atoms with Crippen LogP contribution in [-0.2, 0) is 0 Å². The Hall–Kier alpha value is -0.800. The van der Waals surface area contributed by atoms with E-state index in [0.29, 0.717) is 16.5 Å². The first-order valence-corrected chi connectivity index (χ1v) is 6.90. The maximum absolute atomic E-state index is 12.2. The summed E-state index contributed by atoms with van der Waals surface area (Å²) in [5, 5.41) is 0.545. The minimum Gasteiger partial charge on any atom is -0.341 e. The largest absolute Gasteiger partial charge is 0.341 e. The quantitative estimate of drug-likeness (QED) is 0.795. The van der Waals surface area contributed by atoms with Gasteiger partial charge in [-0.15, -0.1) is 0 Å². The predicted molar refractivity (Wildman–Crippen MR) is 73.2 cm³/mol. The minimum atomic E-state index is -0.0482. The SMILES string of the molecule is CN(CC1CCCC1)C(=O)c1cnc(Cl)c(Cl)c1. The standard InChI is InChI=1S/C13H16Cl2N2O/c1-17(8-9-4-2-3-5-9)13(18)10-6-11(14)12(15)16-7-10/h6-7,9H,2-5,8H2,1H3. The fourth-order valence-electron chi connectivity index (χ4n) is 2.42. The van der Waals surface area contributed by atoms with E-state index in [9.17, 15) is 4.79 Å². The van der Waals surface area contributed by atoms with Crippen LogP contribution in [0.3, 0.4) is 0 Å². The van der Waals surface area contributed by atoms with E-state index in [4.69, 9.17) is 23.2 Å². The maximum atomic E-state index is 12.2. The summed E-state index contributed by atoms with van der Waals surface area (Å²) in [6.45, 7) is 0.805. The van der Waals surface area contributed by atoms with Gasteiger partial charge < -0.3 is 4.90 Å². The Morgan fingerprint density at radius 2 is 2.11 bits per heavy atom. The van der Waals surface area contributed by atoms with E-state index >= 15 is 0 Å². The molecular weight excluding hydrogens is 271 g/mol. The van der Waals surface area contributed by atoms with Gasteiger partial charge in [0.1, 0.15) is 5.15 Å². The number of hydrogen-bond donors (Lipinski definition) is 0. The molecule has 1 amide bonds. The lowest BCUT2D eigenvalue weighted by Gasteiger charge is -2.21. The number of nitrogens with zero attached hydrogens (tertiary/aromatic N) is 2. The number of hydrogen-bond acceptors (Lipinski definition) is 2. The molecule has 3 nitrogen and oxygen atoms in total. The Morgan fingerprint density at radius 3 is 2.72 bits per heavy atom.